The monoisotopic (exact) mass is 736 g/mol. The summed E-state index contributed by atoms with van der Waals surface area (Å²) in [6.45, 7) is 4.04. The lowest BCUT2D eigenvalue weighted by Gasteiger charge is -2.27. The molecule has 6 heteroatoms. The molecule has 0 spiro atoms. The first kappa shape index (κ1) is 50.8. The number of unbranched alkanes of at least 4 members (excludes halogenated alkanes) is 28. The smallest absolute Gasteiger partial charge is 0.249 e. The molecule has 52 heavy (non-hydrogen) atoms. The van der Waals surface area contributed by atoms with Gasteiger partial charge < -0.3 is 25.7 Å². The lowest BCUT2D eigenvalue weighted by Crippen LogP contribution is -2.53. The molecular weight excluding hydrogens is 647 g/mol. The minimum absolute atomic E-state index is 0.357. The summed E-state index contributed by atoms with van der Waals surface area (Å²) in [5, 5.41) is 43.6. The summed E-state index contributed by atoms with van der Waals surface area (Å²) in [6, 6.07) is -1.00. The summed E-state index contributed by atoms with van der Waals surface area (Å²) in [5.74, 6) is -0.597. The molecule has 0 heterocycles. The van der Waals surface area contributed by atoms with E-state index in [1.54, 1.807) is 0 Å². The number of rotatable bonds is 41. The average Bonchev–Trinajstić information content (AvgIpc) is 3.15. The molecule has 4 unspecified atom stereocenters. The molecule has 0 aliphatic heterocycles. The van der Waals surface area contributed by atoms with Gasteiger partial charge in [-0.15, -0.1) is 0 Å². The van der Waals surface area contributed by atoms with E-state index in [-0.39, 0.29) is 0 Å². The van der Waals surface area contributed by atoms with Crippen LogP contribution in [-0.2, 0) is 4.79 Å². The summed E-state index contributed by atoms with van der Waals surface area (Å²) < 4.78 is 0. The highest BCUT2D eigenvalue weighted by Gasteiger charge is 2.28. The summed E-state index contributed by atoms with van der Waals surface area (Å²) in [6.07, 6.45) is 46.4. The van der Waals surface area contributed by atoms with Crippen LogP contribution in [0.3, 0.4) is 0 Å². The van der Waals surface area contributed by atoms with Crippen molar-refractivity contribution >= 4 is 5.91 Å². The van der Waals surface area contributed by atoms with Crippen molar-refractivity contribution in [2.45, 2.75) is 257 Å². The number of allylic oxidation sites excluding steroid dienone is 4. The SMILES string of the molecule is CCCCCCCCCCC/C=C/CCCC(O)C(O)C(CO)NC(=O)C(O)CCCCCCCC/C=C\CCCCCCCCCCCCCC. The number of carbonyl (C=O) groups excluding carboxylic acids is 1. The highest BCUT2D eigenvalue weighted by Crippen LogP contribution is 2.15. The number of aliphatic hydroxyl groups excluding tert-OH is 4. The van der Waals surface area contributed by atoms with E-state index in [1.807, 2.05) is 0 Å². The van der Waals surface area contributed by atoms with Gasteiger partial charge in [-0.2, -0.15) is 0 Å². The molecule has 6 nitrogen and oxygen atoms in total. The van der Waals surface area contributed by atoms with Crippen molar-refractivity contribution in [2.24, 2.45) is 0 Å². The van der Waals surface area contributed by atoms with Crippen molar-refractivity contribution < 1.29 is 25.2 Å². The number of nitrogens with one attached hydrogen (secondary N) is 1. The molecular formula is C46H89NO5. The number of aliphatic hydroxyl groups is 4. The third-order valence-electron chi connectivity index (χ3n) is 10.6. The Labute approximate surface area is 323 Å². The largest absolute Gasteiger partial charge is 0.394 e. The fraction of sp³-hybridized carbons (Fsp3) is 0.891. The molecule has 0 fully saturated rings. The van der Waals surface area contributed by atoms with E-state index in [1.165, 1.54) is 161 Å². The zero-order chi connectivity index (χ0) is 38.2. The maximum absolute atomic E-state index is 12.5. The van der Waals surface area contributed by atoms with Crippen molar-refractivity contribution in [3.8, 4) is 0 Å². The molecule has 0 aliphatic carbocycles. The van der Waals surface area contributed by atoms with E-state index >= 15 is 0 Å². The van der Waals surface area contributed by atoms with E-state index in [4.69, 9.17) is 0 Å². The first-order valence-electron chi connectivity index (χ1n) is 22.7. The molecule has 4 atom stereocenters. The number of carbonyl (C=O) groups is 1. The van der Waals surface area contributed by atoms with Crippen molar-refractivity contribution in [1.29, 1.82) is 0 Å². The van der Waals surface area contributed by atoms with Crippen LogP contribution in [0.5, 0.6) is 0 Å². The first-order chi connectivity index (χ1) is 25.5. The Kier molecular flexibility index (Phi) is 40.0. The lowest BCUT2D eigenvalue weighted by atomic mass is 10.00. The van der Waals surface area contributed by atoms with Crippen LogP contribution in [0, 0.1) is 0 Å². The highest BCUT2D eigenvalue weighted by molar-refractivity contribution is 5.80. The van der Waals surface area contributed by atoms with E-state index < -0.39 is 36.9 Å². The van der Waals surface area contributed by atoms with Crippen molar-refractivity contribution in [3.63, 3.8) is 0 Å². The van der Waals surface area contributed by atoms with Crippen LogP contribution in [0.1, 0.15) is 232 Å². The Morgan fingerprint density at radius 2 is 0.788 bits per heavy atom. The lowest BCUT2D eigenvalue weighted by molar-refractivity contribution is -0.132. The molecule has 0 radical (unpaired) electrons. The van der Waals surface area contributed by atoms with E-state index in [9.17, 15) is 25.2 Å². The molecule has 0 aromatic carbocycles. The first-order valence-corrected chi connectivity index (χ1v) is 22.7. The summed E-state index contributed by atoms with van der Waals surface area (Å²) in [5.41, 5.74) is 0. The minimum Gasteiger partial charge on any atom is -0.394 e. The molecule has 308 valence electrons. The minimum atomic E-state index is -1.28. The molecule has 1 amide bonds. The van der Waals surface area contributed by atoms with Crippen molar-refractivity contribution in [2.75, 3.05) is 6.61 Å². The summed E-state index contributed by atoms with van der Waals surface area (Å²) in [4.78, 5) is 12.5. The second-order valence-electron chi connectivity index (χ2n) is 15.7. The molecule has 0 rings (SSSR count). The Morgan fingerprint density at radius 1 is 0.462 bits per heavy atom. The maximum Gasteiger partial charge on any atom is 0.249 e. The van der Waals surface area contributed by atoms with Crippen LogP contribution < -0.4 is 5.32 Å². The number of hydrogen-bond acceptors (Lipinski definition) is 5. The van der Waals surface area contributed by atoms with Crippen LogP contribution in [-0.4, -0.2) is 57.3 Å². The Hall–Kier alpha value is -1.21. The van der Waals surface area contributed by atoms with Gasteiger partial charge in [0.05, 0.1) is 18.8 Å². The van der Waals surface area contributed by atoms with Gasteiger partial charge in [-0.05, 0) is 64.2 Å². The van der Waals surface area contributed by atoms with Gasteiger partial charge in [0, 0.05) is 0 Å². The third-order valence-corrected chi connectivity index (χ3v) is 10.6. The van der Waals surface area contributed by atoms with E-state index in [0.29, 0.717) is 12.8 Å². The van der Waals surface area contributed by atoms with Crippen LogP contribution >= 0.6 is 0 Å². The quantitative estimate of drug-likeness (QED) is 0.0317. The predicted octanol–water partition coefficient (Wildman–Crippen LogP) is 12.0. The molecule has 0 saturated heterocycles. The fourth-order valence-electron chi connectivity index (χ4n) is 6.99. The highest BCUT2D eigenvalue weighted by atomic mass is 16.3. The Bertz CT molecular complexity index is 787. The molecule has 0 bridgehead atoms. The normalized spacial score (nSPS) is 14.3. The van der Waals surface area contributed by atoms with Crippen molar-refractivity contribution in [1.82, 2.24) is 5.32 Å². The fourth-order valence-corrected chi connectivity index (χ4v) is 6.99. The average molecular weight is 736 g/mol. The second-order valence-corrected chi connectivity index (χ2v) is 15.7. The van der Waals surface area contributed by atoms with Crippen LogP contribution in [0.25, 0.3) is 0 Å². The van der Waals surface area contributed by atoms with Gasteiger partial charge in [0.25, 0.3) is 0 Å². The van der Waals surface area contributed by atoms with Crippen LogP contribution in [0.2, 0.25) is 0 Å². The standard InChI is InChI=1S/C46H89NO5/c1-3-5-7-9-11-13-15-17-19-20-21-22-23-24-25-26-28-30-32-34-36-38-40-44(50)46(52)47-42(41-48)45(51)43(49)39-37-35-33-31-29-27-18-16-14-12-10-8-6-4-2/h24-25,31,33,42-45,48-51H,3-23,26-30,32,34-41H2,1-2H3,(H,47,52)/b25-24-,33-31+. The maximum atomic E-state index is 12.5. The van der Waals surface area contributed by atoms with E-state index in [2.05, 4.69) is 43.5 Å². The Morgan fingerprint density at radius 3 is 1.15 bits per heavy atom. The van der Waals surface area contributed by atoms with Gasteiger partial charge in [-0.25, -0.2) is 0 Å². The van der Waals surface area contributed by atoms with Crippen LogP contribution in [0.15, 0.2) is 24.3 Å². The van der Waals surface area contributed by atoms with Gasteiger partial charge in [-0.1, -0.05) is 192 Å². The number of hydrogen-bond donors (Lipinski definition) is 5. The zero-order valence-corrected chi connectivity index (χ0v) is 34.6. The topological polar surface area (TPSA) is 110 Å². The van der Waals surface area contributed by atoms with Crippen LogP contribution in [0.4, 0.5) is 0 Å². The molecule has 5 N–H and O–H groups in total. The Balaban J connectivity index is 3.74. The molecule has 0 aliphatic rings. The van der Waals surface area contributed by atoms with E-state index in [0.717, 1.165) is 44.9 Å². The number of amides is 1. The van der Waals surface area contributed by atoms with Gasteiger partial charge >= 0.3 is 0 Å². The van der Waals surface area contributed by atoms with Gasteiger partial charge in [-0.3, -0.25) is 4.79 Å². The molecule has 0 saturated carbocycles. The zero-order valence-electron chi connectivity index (χ0n) is 34.6. The van der Waals surface area contributed by atoms with Gasteiger partial charge in [0.2, 0.25) is 5.91 Å². The summed E-state index contributed by atoms with van der Waals surface area (Å²) >= 11 is 0. The second kappa shape index (κ2) is 41.0. The third kappa shape index (κ3) is 34.6. The molecule has 0 aromatic rings. The summed E-state index contributed by atoms with van der Waals surface area (Å²) in [7, 11) is 0. The molecule has 0 aromatic heterocycles. The van der Waals surface area contributed by atoms with Crippen molar-refractivity contribution in [3.05, 3.63) is 24.3 Å². The van der Waals surface area contributed by atoms with Gasteiger partial charge in [0.1, 0.15) is 12.2 Å². The predicted molar refractivity (Wildman–Crippen MR) is 224 cm³/mol. The van der Waals surface area contributed by atoms with Gasteiger partial charge in [0.15, 0.2) is 0 Å².